The van der Waals surface area contributed by atoms with E-state index in [1.807, 2.05) is 26.0 Å². The van der Waals surface area contributed by atoms with E-state index < -0.39 is 11.4 Å². The van der Waals surface area contributed by atoms with Crippen molar-refractivity contribution in [3.63, 3.8) is 0 Å². The standard InChI is InChI=1S/C27H27N3O4/c1-16(2)29-15-22(30-25(27(29)33)26(34-17(3)31)23(32)14-28-30)24-20-10-6-4-8-18(20)12-13-19-9-5-7-11-21(19)24/h4-11,14,16,22,24H,12-13,15H2,1-3H3. The van der Waals surface area contributed by atoms with Gasteiger partial charge in [-0.1, -0.05) is 48.5 Å². The number of aromatic nitrogens is 2. The molecule has 1 aliphatic carbocycles. The second-order valence-electron chi connectivity index (χ2n) is 9.22. The lowest BCUT2D eigenvalue weighted by Gasteiger charge is -2.41. The normalized spacial score (nSPS) is 17.6. The quantitative estimate of drug-likeness (QED) is 0.563. The van der Waals surface area contributed by atoms with E-state index in [1.165, 1.54) is 29.2 Å². The largest absolute Gasteiger partial charge is 0.420 e. The number of carbonyl (C=O) groups excluding carboxylic acids is 2. The van der Waals surface area contributed by atoms with Gasteiger partial charge in [0, 0.05) is 25.4 Å². The number of carbonyl (C=O) groups is 2. The Morgan fingerprint density at radius 2 is 1.59 bits per heavy atom. The minimum atomic E-state index is -0.651. The van der Waals surface area contributed by atoms with Crippen LogP contribution in [0.15, 0.2) is 59.5 Å². The molecule has 1 atom stereocenters. The molecule has 2 aliphatic rings. The second-order valence-corrected chi connectivity index (χ2v) is 9.22. The first-order chi connectivity index (χ1) is 16.4. The molecule has 1 amide bonds. The maximum absolute atomic E-state index is 13.5. The first-order valence-electron chi connectivity index (χ1n) is 11.6. The fourth-order valence-corrected chi connectivity index (χ4v) is 5.31. The smallest absolute Gasteiger partial charge is 0.308 e. The number of ether oxygens (including phenoxy) is 1. The highest BCUT2D eigenvalue weighted by Gasteiger charge is 2.42. The third-order valence-electron chi connectivity index (χ3n) is 6.83. The van der Waals surface area contributed by atoms with E-state index in [9.17, 15) is 14.4 Å². The summed E-state index contributed by atoms with van der Waals surface area (Å²) in [6, 6.07) is 16.4. The maximum Gasteiger partial charge on any atom is 0.308 e. The Balaban J connectivity index is 1.79. The van der Waals surface area contributed by atoms with Crippen molar-refractivity contribution in [3.05, 3.63) is 92.9 Å². The predicted octanol–water partition coefficient (Wildman–Crippen LogP) is 3.50. The van der Waals surface area contributed by atoms with Crippen molar-refractivity contribution in [1.29, 1.82) is 0 Å². The summed E-state index contributed by atoms with van der Waals surface area (Å²) in [6.07, 6.45) is 2.99. The summed E-state index contributed by atoms with van der Waals surface area (Å²) in [5, 5.41) is 4.43. The van der Waals surface area contributed by atoms with E-state index in [2.05, 4.69) is 41.5 Å². The molecule has 7 nitrogen and oxygen atoms in total. The molecule has 0 saturated carbocycles. The number of fused-ring (bicyclic) bond motifs is 3. The molecule has 1 unspecified atom stereocenters. The Morgan fingerprint density at radius 1 is 1.00 bits per heavy atom. The zero-order valence-corrected chi connectivity index (χ0v) is 19.5. The van der Waals surface area contributed by atoms with Crippen LogP contribution >= 0.6 is 0 Å². The molecule has 5 rings (SSSR count). The first kappa shape index (κ1) is 22.1. The zero-order chi connectivity index (χ0) is 24.0. The van der Waals surface area contributed by atoms with Gasteiger partial charge in [-0.3, -0.25) is 19.1 Å². The highest BCUT2D eigenvalue weighted by Crippen LogP contribution is 2.44. The third-order valence-corrected chi connectivity index (χ3v) is 6.83. The van der Waals surface area contributed by atoms with Crippen LogP contribution in [0.25, 0.3) is 0 Å². The average molecular weight is 458 g/mol. The molecule has 1 aliphatic heterocycles. The van der Waals surface area contributed by atoms with Gasteiger partial charge in [-0.05, 0) is 48.9 Å². The van der Waals surface area contributed by atoms with Gasteiger partial charge in [0.25, 0.3) is 5.91 Å². The molecule has 0 N–H and O–H groups in total. The van der Waals surface area contributed by atoms with Crippen LogP contribution in [0.1, 0.15) is 65.5 Å². The van der Waals surface area contributed by atoms with Crippen LogP contribution in [0.4, 0.5) is 0 Å². The van der Waals surface area contributed by atoms with Gasteiger partial charge in [0.1, 0.15) is 0 Å². The second kappa shape index (κ2) is 8.56. The molecule has 0 spiro atoms. The SMILES string of the molecule is CC(=O)Oc1c2n(ncc1=O)C(C1c3ccccc3CCc3ccccc31)CN(C(C)C)C2=O. The predicted molar refractivity (Wildman–Crippen MR) is 127 cm³/mol. The van der Waals surface area contributed by atoms with Gasteiger partial charge < -0.3 is 9.64 Å². The first-order valence-corrected chi connectivity index (χ1v) is 11.6. The van der Waals surface area contributed by atoms with Crippen molar-refractivity contribution in [2.24, 2.45) is 0 Å². The van der Waals surface area contributed by atoms with Crippen molar-refractivity contribution in [3.8, 4) is 5.75 Å². The monoisotopic (exact) mass is 457 g/mol. The van der Waals surface area contributed by atoms with Gasteiger partial charge in [0.15, 0.2) is 5.69 Å². The summed E-state index contributed by atoms with van der Waals surface area (Å²) in [7, 11) is 0. The Hall–Kier alpha value is -3.74. The van der Waals surface area contributed by atoms with Crippen LogP contribution in [0, 0.1) is 0 Å². The lowest BCUT2D eigenvalue weighted by molar-refractivity contribution is -0.132. The van der Waals surface area contributed by atoms with Gasteiger partial charge in [-0.25, -0.2) is 0 Å². The van der Waals surface area contributed by atoms with Crippen LogP contribution < -0.4 is 10.2 Å². The van der Waals surface area contributed by atoms with E-state index in [0.717, 1.165) is 19.0 Å². The van der Waals surface area contributed by atoms with Crippen LogP contribution in [0.2, 0.25) is 0 Å². The van der Waals surface area contributed by atoms with Gasteiger partial charge in [-0.2, -0.15) is 5.10 Å². The van der Waals surface area contributed by atoms with Crippen molar-refractivity contribution in [2.75, 3.05) is 6.54 Å². The minimum absolute atomic E-state index is 0.0341. The Kier molecular flexibility index (Phi) is 5.55. The van der Waals surface area contributed by atoms with E-state index >= 15 is 0 Å². The molecule has 0 fully saturated rings. The number of nitrogens with zero attached hydrogens (tertiary/aromatic N) is 3. The molecule has 2 aromatic carbocycles. The summed E-state index contributed by atoms with van der Waals surface area (Å²) in [6.45, 7) is 5.53. The lowest BCUT2D eigenvalue weighted by Crippen LogP contribution is -2.50. The molecule has 34 heavy (non-hydrogen) atoms. The van der Waals surface area contributed by atoms with Crippen molar-refractivity contribution in [2.45, 2.75) is 51.6 Å². The Bertz CT molecular complexity index is 1300. The zero-order valence-electron chi connectivity index (χ0n) is 19.5. The number of hydrogen-bond donors (Lipinski definition) is 0. The summed E-state index contributed by atoms with van der Waals surface area (Å²) in [4.78, 5) is 39.7. The Labute approximate surface area is 198 Å². The molecule has 0 radical (unpaired) electrons. The topological polar surface area (TPSA) is 81.5 Å². The van der Waals surface area contributed by atoms with Gasteiger partial charge in [-0.15, -0.1) is 0 Å². The molecule has 0 saturated heterocycles. The molecular weight excluding hydrogens is 430 g/mol. The van der Waals surface area contributed by atoms with Gasteiger partial charge >= 0.3 is 5.97 Å². The fraction of sp³-hybridized carbons (Fsp3) is 0.333. The van der Waals surface area contributed by atoms with Crippen LogP contribution in [-0.2, 0) is 17.6 Å². The molecule has 174 valence electrons. The Morgan fingerprint density at radius 3 is 2.15 bits per heavy atom. The molecule has 1 aromatic heterocycles. The van der Waals surface area contributed by atoms with Crippen molar-refractivity contribution in [1.82, 2.24) is 14.7 Å². The van der Waals surface area contributed by atoms with Crippen molar-refractivity contribution < 1.29 is 14.3 Å². The molecular formula is C27H27N3O4. The summed E-state index contributed by atoms with van der Waals surface area (Å²) in [5.74, 6) is -1.36. The summed E-state index contributed by atoms with van der Waals surface area (Å²) in [5.41, 5.74) is 4.36. The van der Waals surface area contributed by atoms with Crippen LogP contribution in [-0.4, -0.2) is 39.1 Å². The van der Waals surface area contributed by atoms with E-state index in [0.29, 0.717) is 6.54 Å². The molecule has 2 heterocycles. The average Bonchev–Trinajstić information content (AvgIpc) is 2.98. The van der Waals surface area contributed by atoms with Crippen molar-refractivity contribution >= 4 is 11.9 Å². The van der Waals surface area contributed by atoms with Crippen LogP contribution in [0.3, 0.4) is 0 Å². The number of esters is 1. The van der Waals surface area contributed by atoms with Crippen LogP contribution in [0.5, 0.6) is 5.75 Å². The number of rotatable bonds is 3. The highest BCUT2D eigenvalue weighted by atomic mass is 16.5. The van der Waals surface area contributed by atoms with E-state index in [-0.39, 0.29) is 35.4 Å². The number of hydrogen-bond acceptors (Lipinski definition) is 5. The number of amides is 1. The minimum Gasteiger partial charge on any atom is -0.420 e. The lowest BCUT2D eigenvalue weighted by atomic mass is 9.81. The maximum atomic E-state index is 13.5. The molecule has 0 bridgehead atoms. The third kappa shape index (κ3) is 3.61. The van der Waals surface area contributed by atoms with E-state index in [1.54, 1.807) is 9.58 Å². The molecule has 7 heteroatoms. The number of aryl methyl sites for hydroxylation is 2. The fourth-order valence-electron chi connectivity index (χ4n) is 5.31. The summed E-state index contributed by atoms with van der Waals surface area (Å²) < 4.78 is 6.90. The highest BCUT2D eigenvalue weighted by molar-refractivity contribution is 5.96. The molecule has 3 aromatic rings. The van der Waals surface area contributed by atoms with E-state index in [4.69, 9.17) is 4.74 Å². The number of benzene rings is 2. The van der Waals surface area contributed by atoms with Gasteiger partial charge in [0.05, 0.1) is 12.2 Å². The van der Waals surface area contributed by atoms with Gasteiger partial charge in [0.2, 0.25) is 11.2 Å². The summed E-state index contributed by atoms with van der Waals surface area (Å²) >= 11 is 0.